The van der Waals surface area contributed by atoms with Gasteiger partial charge in [0.25, 0.3) is 0 Å². The van der Waals surface area contributed by atoms with Crippen LogP contribution >= 0.6 is 15.9 Å². The molecule has 1 spiro atoms. The van der Waals surface area contributed by atoms with E-state index in [1.54, 1.807) is 0 Å². The summed E-state index contributed by atoms with van der Waals surface area (Å²) in [6, 6.07) is 3.98. The molecule has 2 fully saturated rings. The molecule has 0 unspecified atom stereocenters. The van der Waals surface area contributed by atoms with E-state index in [2.05, 4.69) is 36.7 Å². The number of benzene rings is 1. The molecule has 2 aromatic rings. The highest BCUT2D eigenvalue weighted by atomic mass is 79.9. The van der Waals surface area contributed by atoms with Crippen LogP contribution in [0.5, 0.6) is 0 Å². The maximum atomic E-state index is 13.6. The van der Waals surface area contributed by atoms with Crippen LogP contribution in [0.2, 0.25) is 0 Å². The molecule has 1 saturated carbocycles. The number of aromatic nitrogens is 2. The molecule has 4 rings (SSSR count). The number of carbonyl (C=O) groups excluding carboxylic acids is 1. The highest BCUT2D eigenvalue weighted by molar-refractivity contribution is 9.10. The van der Waals surface area contributed by atoms with Crippen molar-refractivity contribution in [2.75, 3.05) is 28.8 Å². The van der Waals surface area contributed by atoms with Gasteiger partial charge >= 0.3 is 0 Å². The molecule has 1 aliphatic heterocycles. The van der Waals surface area contributed by atoms with Crippen LogP contribution in [0.15, 0.2) is 32.5 Å². The average molecular weight is 502 g/mol. The third kappa shape index (κ3) is 3.78. The maximum absolute atomic E-state index is 13.6. The Balaban J connectivity index is 1.55. The molecule has 1 N–H and O–H groups in total. The second-order valence-corrected chi connectivity index (χ2v) is 10.3. The highest BCUT2D eigenvalue weighted by Gasteiger charge is 2.56. The topological polar surface area (TPSA) is 127 Å². The van der Waals surface area contributed by atoms with Gasteiger partial charge in [-0.25, -0.2) is 17.4 Å². The number of amides is 1. The minimum Gasteiger partial charge on any atom is -0.397 e. The summed E-state index contributed by atoms with van der Waals surface area (Å²) in [6.45, 7) is 0. The van der Waals surface area contributed by atoms with Crippen LogP contribution < -0.4 is 10.2 Å². The molecule has 0 bridgehead atoms. The monoisotopic (exact) mass is 501 g/mol. The Hall–Kier alpha value is -2.54. The molecule has 30 heavy (non-hydrogen) atoms. The summed E-state index contributed by atoms with van der Waals surface area (Å²) in [4.78, 5) is 17.8. The molecular formula is C17H17BrFN5O5S. The molecular weight excluding hydrogens is 485 g/mol. The Morgan fingerprint density at radius 2 is 2.17 bits per heavy atom. The van der Waals surface area contributed by atoms with Gasteiger partial charge in [0.05, 0.1) is 21.7 Å². The first-order valence-corrected chi connectivity index (χ1v) is 11.5. The minimum absolute atomic E-state index is 0.0143. The van der Waals surface area contributed by atoms with Gasteiger partial charge in [-0.1, -0.05) is 5.16 Å². The zero-order valence-corrected chi connectivity index (χ0v) is 18.1. The average Bonchev–Trinajstić information content (AvgIpc) is 3.09. The Bertz CT molecular complexity index is 1100. The van der Waals surface area contributed by atoms with Gasteiger partial charge in [0, 0.05) is 11.5 Å². The first kappa shape index (κ1) is 20.7. The van der Waals surface area contributed by atoms with Gasteiger partial charge in [0.15, 0.2) is 15.5 Å². The maximum Gasteiger partial charge on any atom is 0.220 e. The van der Waals surface area contributed by atoms with Crippen LogP contribution in [-0.4, -0.2) is 55.6 Å². The van der Waals surface area contributed by atoms with Crippen molar-refractivity contribution in [2.24, 2.45) is 10.6 Å². The van der Waals surface area contributed by atoms with Crippen molar-refractivity contribution in [3.8, 4) is 0 Å². The lowest BCUT2D eigenvalue weighted by atomic mass is 9.67. The fourth-order valence-electron chi connectivity index (χ4n) is 3.99. The van der Waals surface area contributed by atoms with E-state index in [0.717, 1.165) is 4.90 Å². The molecule has 10 nitrogen and oxygen atoms in total. The summed E-state index contributed by atoms with van der Waals surface area (Å²) in [7, 11) is -1.60. The Morgan fingerprint density at radius 1 is 1.43 bits per heavy atom. The van der Waals surface area contributed by atoms with Crippen LogP contribution in [0.25, 0.3) is 0 Å². The Morgan fingerprint density at radius 3 is 2.77 bits per heavy atom. The molecule has 2 aliphatic rings. The fraction of sp³-hybridized carbons (Fsp3) is 0.412. The van der Waals surface area contributed by atoms with Crippen LogP contribution in [0.3, 0.4) is 0 Å². The van der Waals surface area contributed by atoms with Gasteiger partial charge < -0.3 is 10.2 Å². The van der Waals surface area contributed by atoms with Crippen molar-refractivity contribution in [1.82, 2.24) is 10.3 Å². The molecule has 0 radical (unpaired) electrons. The van der Waals surface area contributed by atoms with Crippen LogP contribution in [0, 0.1) is 11.2 Å². The van der Waals surface area contributed by atoms with E-state index in [1.165, 1.54) is 25.3 Å². The standard InChI is InChI=1S/C17H17BrFN5O5S/c1-28-23-16(24(9-25)11-2-3-13(19)12(18)4-11)14-15(22-29-21-14)20-10-5-17(6-10)7-30(26,27)8-17/h2-4,9-10H,5-8H2,1H3,(H,20,22)/b23-16-. The van der Waals surface area contributed by atoms with E-state index in [-0.39, 0.29) is 44.8 Å². The minimum atomic E-state index is -2.90. The van der Waals surface area contributed by atoms with Crippen molar-refractivity contribution in [3.63, 3.8) is 0 Å². The first-order chi connectivity index (χ1) is 14.3. The van der Waals surface area contributed by atoms with Gasteiger partial charge in [-0.3, -0.25) is 9.69 Å². The fourth-order valence-corrected chi connectivity index (χ4v) is 6.61. The molecule has 13 heteroatoms. The number of carbonyl (C=O) groups is 1. The number of nitrogens with zero attached hydrogens (tertiary/aromatic N) is 4. The van der Waals surface area contributed by atoms with E-state index in [9.17, 15) is 17.6 Å². The van der Waals surface area contributed by atoms with Crippen molar-refractivity contribution in [3.05, 3.63) is 34.2 Å². The lowest BCUT2D eigenvalue weighted by molar-refractivity contribution is -0.106. The zero-order chi connectivity index (χ0) is 21.5. The molecule has 2 heterocycles. The largest absolute Gasteiger partial charge is 0.397 e. The van der Waals surface area contributed by atoms with Gasteiger partial charge in [0.2, 0.25) is 18.1 Å². The number of rotatable bonds is 6. The number of amidine groups is 1. The summed E-state index contributed by atoms with van der Waals surface area (Å²) < 4.78 is 41.5. The molecule has 1 aliphatic carbocycles. The SMILES string of the molecule is CO/N=C(/c1nonc1NC1CC2(C1)CS(=O)(=O)C2)N(C=O)c1ccc(F)c(Br)c1. The molecule has 1 aromatic carbocycles. The zero-order valence-electron chi connectivity index (χ0n) is 15.7. The number of halogens is 2. The van der Waals surface area contributed by atoms with Crippen molar-refractivity contribution < 1.29 is 27.1 Å². The summed E-state index contributed by atoms with van der Waals surface area (Å²) >= 11 is 3.09. The van der Waals surface area contributed by atoms with Gasteiger partial charge in [-0.05, 0) is 57.3 Å². The van der Waals surface area contributed by atoms with Crippen LogP contribution in [-0.2, 0) is 19.5 Å². The summed E-state index contributed by atoms with van der Waals surface area (Å²) in [6.07, 6.45) is 1.84. The summed E-state index contributed by atoms with van der Waals surface area (Å²) in [5, 5.41) is 14.7. The quantitative estimate of drug-likeness (QED) is 0.275. The van der Waals surface area contributed by atoms with E-state index in [1.807, 2.05) is 0 Å². The van der Waals surface area contributed by atoms with Gasteiger partial charge in [0.1, 0.15) is 12.9 Å². The second-order valence-electron chi connectivity index (χ2n) is 7.41. The smallest absolute Gasteiger partial charge is 0.220 e. The third-order valence-corrected chi connectivity index (χ3v) is 7.86. The lowest BCUT2D eigenvalue weighted by Gasteiger charge is -2.53. The first-order valence-electron chi connectivity index (χ1n) is 8.86. The van der Waals surface area contributed by atoms with Crippen LogP contribution in [0.1, 0.15) is 18.5 Å². The number of anilines is 2. The molecule has 1 aromatic heterocycles. The van der Waals surface area contributed by atoms with E-state index < -0.39 is 15.7 Å². The highest BCUT2D eigenvalue weighted by Crippen LogP contribution is 2.50. The number of nitrogens with one attached hydrogen (secondary N) is 1. The molecule has 1 saturated heterocycles. The predicted molar refractivity (Wildman–Crippen MR) is 108 cm³/mol. The third-order valence-electron chi connectivity index (χ3n) is 5.14. The van der Waals surface area contributed by atoms with Crippen molar-refractivity contribution in [1.29, 1.82) is 0 Å². The van der Waals surface area contributed by atoms with Gasteiger partial charge in [-0.2, -0.15) is 0 Å². The number of oxime groups is 1. The van der Waals surface area contributed by atoms with Crippen molar-refractivity contribution >= 4 is 49.5 Å². The van der Waals surface area contributed by atoms with Gasteiger partial charge in [-0.15, -0.1) is 0 Å². The molecule has 1 amide bonds. The Labute approximate surface area is 179 Å². The summed E-state index contributed by atoms with van der Waals surface area (Å²) in [5.41, 5.74) is 0.267. The predicted octanol–water partition coefficient (Wildman–Crippen LogP) is 1.93. The molecule has 160 valence electrons. The van der Waals surface area contributed by atoms with Crippen LogP contribution in [0.4, 0.5) is 15.9 Å². The lowest BCUT2D eigenvalue weighted by Crippen LogP contribution is -2.60. The number of hydrogen-bond acceptors (Lipinski definition) is 9. The number of sulfone groups is 1. The normalized spacial score (nSPS) is 19.6. The molecule has 0 atom stereocenters. The van der Waals surface area contributed by atoms with E-state index >= 15 is 0 Å². The van der Waals surface area contributed by atoms with Crippen molar-refractivity contribution in [2.45, 2.75) is 18.9 Å². The second kappa shape index (κ2) is 7.61. The Kier molecular flexibility index (Phi) is 5.26. The summed E-state index contributed by atoms with van der Waals surface area (Å²) in [5.74, 6) is 0.140. The van der Waals surface area contributed by atoms with E-state index in [4.69, 9.17) is 9.47 Å². The number of hydrogen-bond donors (Lipinski definition) is 1. The van der Waals surface area contributed by atoms with E-state index in [0.29, 0.717) is 24.9 Å².